The molecule has 2 rings (SSSR count). The Bertz CT molecular complexity index is 600. The Hall–Kier alpha value is -2.48. The van der Waals surface area contributed by atoms with Gasteiger partial charge in [-0.2, -0.15) is 0 Å². The van der Waals surface area contributed by atoms with E-state index in [2.05, 4.69) is 50.3 Å². The zero-order valence-electron chi connectivity index (χ0n) is 13.6. The maximum Gasteiger partial charge on any atom is 0.118 e. The number of methoxy groups -OCH3 is 2. The van der Waals surface area contributed by atoms with Gasteiger partial charge in [-0.3, -0.25) is 0 Å². The zero-order chi connectivity index (χ0) is 15.9. The quantitative estimate of drug-likeness (QED) is 0.705. The molecular weight excluding hydrogens is 272 g/mol. The lowest BCUT2D eigenvalue weighted by atomic mass is 10.0. The third kappa shape index (κ3) is 4.26. The van der Waals surface area contributed by atoms with Gasteiger partial charge in [-0.25, -0.2) is 0 Å². The lowest BCUT2D eigenvalue weighted by Gasteiger charge is -2.05. The first kappa shape index (κ1) is 15.9. The molecule has 0 spiro atoms. The van der Waals surface area contributed by atoms with Gasteiger partial charge in [0.05, 0.1) is 14.2 Å². The smallest absolute Gasteiger partial charge is 0.118 e. The van der Waals surface area contributed by atoms with Crippen molar-refractivity contribution in [2.75, 3.05) is 14.2 Å². The van der Waals surface area contributed by atoms with Crippen molar-refractivity contribution in [3.8, 4) is 11.5 Å². The molecule has 2 nitrogen and oxygen atoms in total. The number of hydrogen-bond acceptors (Lipinski definition) is 2. The van der Waals surface area contributed by atoms with Crippen LogP contribution in [0.2, 0.25) is 0 Å². The van der Waals surface area contributed by atoms with Gasteiger partial charge in [0.15, 0.2) is 0 Å². The number of rotatable bonds is 5. The number of ether oxygens (including phenoxy) is 2. The molecule has 0 heterocycles. The molecule has 2 aromatic carbocycles. The van der Waals surface area contributed by atoms with E-state index < -0.39 is 0 Å². The lowest BCUT2D eigenvalue weighted by molar-refractivity contribution is 0.414. The summed E-state index contributed by atoms with van der Waals surface area (Å²) in [5.41, 5.74) is 4.81. The fourth-order valence-corrected chi connectivity index (χ4v) is 2.13. The van der Waals surface area contributed by atoms with Gasteiger partial charge in [-0.1, -0.05) is 36.4 Å². The molecule has 0 unspecified atom stereocenters. The first-order valence-electron chi connectivity index (χ1n) is 7.27. The van der Waals surface area contributed by atoms with Crippen molar-refractivity contribution in [3.63, 3.8) is 0 Å². The van der Waals surface area contributed by atoms with Gasteiger partial charge >= 0.3 is 0 Å². The first-order chi connectivity index (χ1) is 10.6. The van der Waals surface area contributed by atoms with Gasteiger partial charge in [0, 0.05) is 0 Å². The summed E-state index contributed by atoms with van der Waals surface area (Å²) in [7, 11) is 3.36. The Morgan fingerprint density at radius 2 is 0.955 bits per heavy atom. The van der Waals surface area contributed by atoms with Crippen LogP contribution in [0, 0.1) is 0 Å². The van der Waals surface area contributed by atoms with Crippen LogP contribution < -0.4 is 9.47 Å². The molecular formula is C20H22O2. The zero-order valence-corrected chi connectivity index (χ0v) is 13.6. The SMILES string of the molecule is COc1ccc(/C=C(C)/C(C)=C/c2ccc(OC)cc2)cc1. The maximum absolute atomic E-state index is 5.18. The second kappa shape index (κ2) is 7.51. The highest BCUT2D eigenvalue weighted by atomic mass is 16.5. The number of hydrogen-bond donors (Lipinski definition) is 0. The minimum Gasteiger partial charge on any atom is -0.497 e. The molecule has 0 amide bonds. The van der Waals surface area contributed by atoms with Gasteiger partial charge in [0.1, 0.15) is 11.5 Å². The number of benzene rings is 2. The lowest BCUT2D eigenvalue weighted by Crippen LogP contribution is -1.85. The molecule has 0 radical (unpaired) electrons. The molecule has 114 valence electrons. The molecule has 0 aliphatic heterocycles. The third-order valence-electron chi connectivity index (χ3n) is 3.62. The summed E-state index contributed by atoms with van der Waals surface area (Å²) in [4.78, 5) is 0. The summed E-state index contributed by atoms with van der Waals surface area (Å²) >= 11 is 0. The van der Waals surface area contributed by atoms with E-state index in [0.717, 1.165) is 11.5 Å². The highest BCUT2D eigenvalue weighted by Gasteiger charge is 1.97. The fraction of sp³-hybridized carbons (Fsp3) is 0.200. The van der Waals surface area contributed by atoms with Gasteiger partial charge in [-0.15, -0.1) is 0 Å². The highest BCUT2D eigenvalue weighted by molar-refractivity contribution is 5.65. The van der Waals surface area contributed by atoms with Gasteiger partial charge in [0.25, 0.3) is 0 Å². The van der Waals surface area contributed by atoms with Crippen molar-refractivity contribution in [2.45, 2.75) is 13.8 Å². The summed E-state index contributed by atoms with van der Waals surface area (Å²) in [6.45, 7) is 4.25. The van der Waals surface area contributed by atoms with Crippen molar-refractivity contribution in [1.29, 1.82) is 0 Å². The maximum atomic E-state index is 5.18. The van der Waals surface area contributed by atoms with Gasteiger partial charge in [-0.05, 0) is 60.4 Å². The second-order valence-electron chi connectivity index (χ2n) is 5.20. The van der Waals surface area contributed by atoms with Crippen LogP contribution in [0.15, 0.2) is 59.7 Å². The molecule has 0 fully saturated rings. The summed E-state index contributed by atoms with van der Waals surface area (Å²) in [6.07, 6.45) is 4.35. The Labute approximate surface area is 132 Å². The van der Waals surface area contributed by atoms with Crippen LogP contribution in [-0.4, -0.2) is 14.2 Å². The molecule has 0 saturated heterocycles. The van der Waals surface area contributed by atoms with Gasteiger partial charge < -0.3 is 9.47 Å². The minimum atomic E-state index is 0.875. The van der Waals surface area contributed by atoms with Crippen LogP contribution in [0.3, 0.4) is 0 Å². The van der Waals surface area contributed by atoms with E-state index in [9.17, 15) is 0 Å². The molecule has 0 saturated carbocycles. The van der Waals surface area contributed by atoms with E-state index in [1.807, 2.05) is 24.3 Å². The molecule has 0 bridgehead atoms. The molecule has 0 aliphatic rings. The average molecular weight is 294 g/mol. The van der Waals surface area contributed by atoms with Crippen LogP contribution in [-0.2, 0) is 0 Å². The predicted octanol–water partition coefficient (Wildman–Crippen LogP) is 5.21. The topological polar surface area (TPSA) is 18.5 Å². The highest BCUT2D eigenvalue weighted by Crippen LogP contribution is 2.20. The molecule has 22 heavy (non-hydrogen) atoms. The van der Waals surface area contributed by atoms with Crippen molar-refractivity contribution in [1.82, 2.24) is 0 Å². The molecule has 0 atom stereocenters. The Morgan fingerprint density at radius 3 is 1.23 bits per heavy atom. The Balaban J connectivity index is 2.16. The van der Waals surface area contributed by atoms with E-state index in [1.165, 1.54) is 22.3 Å². The molecule has 0 aromatic heterocycles. The van der Waals surface area contributed by atoms with E-state index in [4.69, 9.17) is 9.47 Å². The van der Waals surface area contributed by atoms with Crippen LogP contribution >= 0.6 is 0 Å². The van der Waals surface area contributed by atoms with E-state index in [0.29, 0.717) is 0 Å². The average Bonchev–Trinajstić information content (AvgIpc) is 2.56. The summed E-state index contributed by atoms with van der Waals surface area (Å²) in [6, 6.07) is 16.1. The van der Waals surface area contributed by atoms with E-state index in [-0.39, 0.29) is 0 Å². The second-order valence-corrected chi connectivity index (χ2v) is 5.20. The third-order valence-corrected chi connectivity index (χ3v) is 3.62. The standard InChI is InChI=1S/C20H22O2/c1-15(13-17-5-9-19(21-3)10-6-17)16(2)14-18-7-11-20(22-4)12-8-18/h5-14H,1-4H3/b15-13+,16-14+. The predicted molar refractivity (Wildman–Crippen MR) is 93.3 cm³/mol. The van der Waals surface area contributed by atoms with Crippen molar-refractivity contribution in [2.24, 2.45) is 0 Å². The van der Waals surface area contributed by atoms with Crippen molar-refractivity contribution >= 4 is 12.2 Å². The summed E-state index contributed by atoms with van der Waals surface area (Å²) in [5.74, 6) is 1.75. The van der Waals surface area contributed by atoms with Gasteiger partial charge in [0.2, 0.25) is 0 Å². The number of allylic oxidation sites excluding steroid dienone is 2. The fourth-order valence-electron chi connectivity index (χ4n) is 2.13. The van der Waals surface area contributed by atoms with E-state index >= 15 is 0 Å². The normalized spacial score (nSPS) is 12.2. The summed E-state index contributed by atoms with van der Waals surface area (Å²) in [5, 5.41) is 0. The van der Waals surface area contributed by atoms with Crippen LogP contribution in [0.25, 0.3) is 12.2 Å². The molecule has 2 aromatic rings. The summed E-state index contributed by atoms with van der Waals surface area (Å²) < 4.78 is 10.4. The van der Waals surface area contributed by atoms with Crippen molar-refractivity contribution in [3.05, 3.63) is 70.8 Å². The Morgan fingerprint density at radius 1 is 0.636 bits per heavy atom. The van der Waals surface area contributed by atoms with Crippen LogP contribution in [0.1, 0.15) is 25.0 Å². The minimum absolute atomic E-state index is 0.875. The molecule has 2 heteroatoms. The largest absolute Gasteiger partial charge is 0.497 e. The molecule has 0 N–H and O–H groups in total. The van der Waals surface area contributed by atoms with Crippen molar-refractivity contribution < 1.29 is 9.47 Å². The van der Waals surface area contributed by atoms with E-state index in [1.54, 1.807) is 14.2 Å². The Kier molecular flexibility index (Phi) is 5.42. The molecule has 0 aliphatic carbocycles. The first-order valence-corrected chi connectivity index (χ1v) is 7.27. The van der Waals surface area contributed by atoms with Crippen LogP contribution in [0.4, 0.5) is 0 Å². The monoisotopic (exact) mass is 294 g/mol. The van der Waals surface area contributed by atoms with Crippen LogP contribution in [0.5, 0.6) is 11.5 Å².